The SMILES string of the molecule is O=C(O)Cn1ccc2cc(NC(=O)C3CCCOC3)ccc21. The fourth-order valence-corrected chi connectivity index (χ4v) is 2.75. The third-order valence-electron chi connectivity index (χ3n) is 3.88. The van der Waals surface area contributed by atoms with Crippen LogP contribution in [0.3, 0.4) is 0 Å². The Balaban J connectivity index is 1.74. The number of hydrogen-bond donors (Lipinski definition) is 2. The largest absolute Gasteiger partial charge is 0.480 e. The summed E-state index contributed by atoms with van der Waals surface area (Å²) >= 11 is 0. The number of carbonyl (C=O) groups excluding carboxylic acids is 1. The number of aromatic nitrogens is 1. The van der Waals surface area contributed by atoms with E-state index in [1.165, 1.54) is 0 Å². The van der Waals surface area contributed by atoms with Crippen molar-refractivity contribution in [2.45, 2.75) is 19.4 Å². The molecule has 2 N–H and O–H groups in total. The average molecular weight is 302 g/mol. The minimum absolute atomic E-state index is 0.0241. The van der Waals surface area contributed by atoms with Gasteiger partial charge in [0.2, 0.25) is 5.91 Å². The topological polar surface area (TPSA) is 80.6 Å². The van der Waals surface area contributed by atoms with Gasteiger partial charge in [-0.25, -0.2) is 0 Å². The van der Waals surface area contributed by atoms with Crippen molar-refractivity contribution in [1.82, 2.24) is 4.57 Å². The number of aliphatic carboxylic acids is 1. The van der Waals surface area contributed by atoms with Crippen molar-refractivity contribution in [1.29, 1.82) is 0 Å². The third kappa shape index (κ3) is 3.12. The number of nitrogens with one attached hydrogen (secondary N) is 1. The van der Waals surface area contributed by atoms with Crippen LogP contribution >= 0.6 is 0 Å². The zero-order chi connectivity index (χ0) is 15.5. The molecule has 1 saturated heterocycles. The lowest BCUT2D eigenvalue weighted by atomic mass is 10.0. The fourth-order valence-electron chi connectivity index (χ4n) is 2.75. The maximum absolute atomic E-state index is 12.2. The molecule has 1 atom stereocenters. The molecule has 3 rings (SSSR count). The summed E-state index contributed by atoms with van der Waals surface area (Å²) in [5, 5.41) is 12.7. The van der Waals surface area contributed by atoms with E-state index in [2.05, 4.69) is 5.32 Å². The maximum Gasteiger partial charge on any atom is 0.323 e. The molecule has 1 aliphatic heterocycles. The molecule has 0 radical (unpaired) electrons. The first-order chi connectivity index (χ1) is 10.6. The van der Waals surface area contributed by atoms with Gasteiger partial charge in [-0.05, 0) is 37.1 Å². The van der Waals surface area contributed by atoms with Crippen LogP contribution < -0.4 is 5.32 Å². The maximum atomic E-state index is 12.2. The molecule has 1 aliphatic rings. The standard InChI is InChI=1S/C16H18N2O4/c19-15(20)9-18-6-5-11-8-13(3-4-14(11)18)17-16(21)12-2-1-7-22-10-12/h3-6,8,12H,1-2,7,9-10H2,(H,17,21)(H,19,20). The second-order valence-corrected chi connectivity index (χ2v) is 5.51. The number of anilines is 1. The van der Waals surface area contributed by atoms with Gasteiger partial charge in [0.1, 0.15) is 6.54 Å². The molecule has 1 fully saturated rings. The van der Waals surface area contributed by atoms with Gasteiger partial charge in [0.05, 0.1) is 12.5 Å². The predicted octanol–water partition coefficient (Wildman–Crippen LogP) is 2.09. The first-order valence-electron chi connectivity index (χ1n) is 7.33. The van der Waals surface area contributed by atoms with E-state index in [1.54, 1.807) is 16.8 Å². The van der Waals surface area contributed by atoms with Gasteiger partial charge in [0.25, 0.3) is 0 Å². The van der Waals surface area contributed by atoms with Crippen molar-refractivity contribution in [2.75, 3.05) is 18.5 Å². The molecule has 1 aromatic carbocycles. The zero-order valence-corrected chi connectivity index (χ0v) is 12.1. The highest BCUT2D eigenvalue weighted by molar-refractivity contribution is 5.95. The molecule has 6 heteroatoms. The number of ether oxygens (including phenoxy) is 1. The summed E-state index contributed by atoms with van der Waals surface area (Å²) in [5.74, 6) is -1.00. The lowest BCUT2D eigenvalue weighted by Crippen LogP contribution is -2.30. The van der Waals surface area contributed by atoms with Crippen molar-refractivity contribution in [3.63, 3.8) is 0 Å². The van der Waals surface area contributed by atoms with E-state index in [-0.39, 0.29) is 18.4 Å². The molecule has 0 aliphatic carbocycles. The highest BCUT2D eigenvalue weighted by Crippen LogP contribution is 2.22. The van der Waals surface area contributed by atoms with Crippen LogP contribution in [-0.2, 0) is 20.9 Å². The summed E-state index contributed by atoms with van der Waals surface area (Å²) in [6, 6.07) is 7.32. The van der Waals surface area contributed by atoms with Crippen LogP contribution in [0, 0.1) is 5.92 Å². The summed E-state index contributed by atoms with van der Waals surface area (Å²) < 4.78 is 7.00. The number of benzene rings is 1. The Bertz CT molecular complexity index is 701. The van der Waals surface area contributed by atoms with Gasteiger partial charge in [-0.2, -0.15) is 0 Å². The number of carboxylic acids is 1. The van der Waals surface area contributed by atoms with Crippen LogP contribution in [0.5, 0.6) is 0 Å². The van der Waals surface area contributed by atoms with Crippen LogP contribution in [0.25, 0.3) is 10.9 Å². The molecule has 1 aromatic heterocycles. The predicted molar refractivity (Wildman–Crippen MR) is 81.7 cm³/mol. The second-order valence-electron chi connectivity index (χ2n) is 5.51. The molecule has 116 valence electrons. The molecule has 0 saturated carbocycles. The Kier molecular flexibility index (Phi) is 4.11. The molecule has 2 heterocycles. The van der Waals surface area contributed by atoms with E-state index in [4.69, 9.17) is 9.84 Å². The van der Waals surface area contributed by atoms with Crippen molar-refractivity contribution in [3.8, 4) is 0 Å². The third-order valence-corrected chi connectivity index (χ3v) is 3.88. The summed E-state index contributed by atoms with van der Waals surface area (Å²) in [5.41, 5.74) is 1.55. The molecule has 1 unspecified atom stereocenters. The summed E-state index contributed by atoms with van der Waals surface area (Å²) in [6.07, 6.45) is 3.50. The van der Waals surface area contributed by atoms with Crippen LogP contribution in [0.2, 0.25) is 0 Å². The summed E-state index contributed by atoms with van der Waals surface area (Å²) in [6.45, 7) is 1.13. The van der Waals surface area contributed by atoms with Crippen molar-refractivity contribution in [2.24, 2.45) is 5.92 Å². The van der Waals surface area contributed by atoms with E-state index in [0.717, 1.165) is 36.0 Å². The fraction of sp³-hybridized carbons (Fsp3) is 0.375. The Hall–Kier alpha value is -2.34. The van der Waals surface area contributed by atoms with E-state index in [1.807, 2.05) is 18.2 Å². The highest BCUT2D eigenvalue weighted by Gasteiger charge is 2.21. The summed E-state index contributed by atoms with van der Waals surface area (Å²) in [4.78, 5) is 23.0. The summed E-state index contributed by atoms with van der Waals surface area (Å²) in [7, 11) is 0. The lowest BCUT2D eigenvalue weighted by molar-refractivity contribution is -0.137. The van der Waals surface area contributed by atoms with E-state index < -0.39 is 5.97 Å². The van der Waals surface area contributed by atoms with Gasteiger partial charge >= 0.3 is 5.97 Å². The number of rotatable bonds is 4. The Morgan fingerprint density at radius 2 is 2.23 bits per heavy atom. The Labute approximate surface area is 127 Å². The van der Waals surface area contributed by atoms with Gasteiger partial charge in [-0.3, -0.25) is 9.59 Å². The van der Waals surface area contributed by atoms with Gasteiger partial charge in [-0.1, -0.05) is 0 Å². The molecule has 2 aromatic rings. The van der Waals surface area contributed by atoms with Gasteiger partial charge in [0, 0.05) is 29.4 Å². The van der Waals surface area contributed by atoms with Crippen LogP contribution in [0.4, 0.5) is 5.69 Å². The quantitative estimate of drug-likeness (QED) is 0.906. The smallest absolute Gasteiger partial charge is 0.323 e. The zero-order valence-electron chi connectivity index (χ0n) is 12.1. The molecular weight excluding hydrogens is 284 g/mol. The monoisotopic (exact) mass is 302 g/mol. The Morgan fingerprint density at radius 1 is 1.36 bits per heavy atom. The van der Waals surface area contributed by atoms with Crippen LogP contribution in [0.1, 0.15) is 12.8 Å². The molecule has 0 spiro atoms. The minimum atomic E-state index is -0.882. The average Bonchev–Trinajstić information content (AvgIpc) is 2.90. The number of hydrogen-bond acceptors (Lipinski definition) is 3. The first-order valence-corrected chi connectivity index (χ1v) is 7.33. The number of amides is 1. The normalized spacial score (nSPS) is 18.3. The van der Waals surface area contributed by atoms with Crippen molar-refractivity contribution in [3.05, 3.63) is 30.5 Å². The second kappa shape index (κ2) is 6.19. The number of carbonyl (C=O) groups is 2. The highest BCUT2D eigenvalue weighted by atomic mass is 16.5. The van der Waals surface area contributed by atoms with Gasteiger partial charge < -0.3 is 19.7 Å². The van der Waals surface area contributed by atoms with Crippen LogP contribution in [-0.4, -0.2) is 34.8 Å². The first kappa shape index (κ1) is 14.6. The lowest BCUT2D eigenvalue weighted by Gasteiger charge is -2.21. The molecular formula is C16H18N2O4. The molecule has 0 bridgehead atoms. The van der Waals surface area contributed by atoms with Crippen molar-refractivity contribution < 1.29 is 19.4 Å². The van der Waals surface area contributed by atoms with Crippen molar-refractivity contribution >= 4 is 28.5 Å². The number of nitrogens with zero attached hydrogens (tertiary/aromatic N) is 1. The van der Waals surface area contributed by atoms with E-state index in [0.29, 0.717) is 6.61 Å². The van der Waals surface area contributed by atoms with Gasteiger partial charge in [0.15, 0.2) is 0 Å². The van der Waals surface area contributed by atoms with E-state index in [9.17, 15) is 9.59 Å². The number of fused-ring (bicyclic) bond motifs is 1. The molecule has 1 amide bonds. The molecule has 6 nitrogen and oxygen atoms in total. The molecule has 22 heavy (non-hydrogen) atoms. The van der Waals surface area contributed by atoms with E-state index >= 15 is 0 Å². The van der Waals surface area contributed by atoms with Crippen LogP contribution in [0.15, 0.2) is 30.5 Å². The number of carboxylic acid groups (broad SMARTS) is 1. The van der Waals surface area contributed by atoms with Gasteiger partial charge in [-0.15, -0.1) is 0 Å². The Morgan fingerprint density at radius 3 is 2.95 bits per heavy atom. The minimum Gasteiger partial charge on any atom is -0.480 e.